The molecular weight excluding hydrogens is 486 g/mol. The zero-order valence-electron chi connectivity index (χ0n) is 19.1. The van der Waals surface area contributed by atoms with Crippen molar-refractivity contribution in [2.24, 2.45) is 11.1 Å². The molecule has 0 radical (unpaired) electrons. The van der Waals surface area contributed by atoms with E-state index in [1.165, 1.54) is 32.1 Å². The number of sulfonamides is 1. The molecule has 1 fully saturated rings. The molecule has 5 nitrogen and oxygen atoms in total. The van der Waals surface area contributed by atoms with E-state index in [0.717, 1.165) is 33.6 Å². The van der Waals surface area contributed by atoms with Gasteiger partial charge in [0.1, 0.15) is 4.90 Å². The van der Waals surface area contributed by atoms with Gasteiger partial charge in [-0.25, -0.2) is 13.6 Å². The zero-order chi connectivity index (χ0) is 23.9. The summed E-state index contributed by atoms with van der Waals surface area (Å²) >= 11 is 7.67. The molecule has 0 amide bonds. The quantitative estimate of drug-likeness (QED) is 0.306. The van der Waals surface area contributed by atoms with Crippen LogP contribution in [0.5, 0.6) is 0 Å². The lowest BCUT2D eigenvalue weighted by Crippen LogP contribution is -2.17. The van der Waals surface area contributed by atoms with Crippen LogP contribution in [-0.2, 0) is 16.6 Å². The minimum atomic E-state index is -3.83. The van der Waals surface area contributed by atoms with E-state index in [2.05, 4.69) is 26.9 Å². The molecule has 2 N–H and O–H groups in total. The van der Waals surface area contributed by atoms with E-state index < -0.39 is 10.0 Å². The Bertz CT molecular complexity index is 1430. The van der Waals surface area contributed by atoms with Gasteiger partial charge in [-0.2, -0.15) is 0 Å². The molecule has 8 heteroatoms. The van der Waals surface area contributed by atoms with E-state index in [-0.39, 0.29) is 4.90 Å². The van der Waals surface area contributed by atoms with Gasteiger partial charge in [0.2, 0.25) is 10.0 Å². The van der Waals surface area contributed by atoms with Crippen molar-refractivity contribution in [3.63, 3.8) is 0 Å². The molecule has 0 unspecified atom stereocenters. The maximum absolute atomic E-state index is 12.4. The first-order valence-corrected chi connectivity index (χ1v) is 14.3. The molecule has 178 valence electrons. The SMILES string of the molecule is Cc1c(S(N)(=O)=O)cc(-c2cn(Sc3ccc(Cl)cc3)c3ccccc23)n1CC1CCCCC1. The Kier molecular flexibility index (Phi) is 6.55. The number of fused-ring (bicyclic) bond motifs is 1. The summed E-state index contributed by atoms with van der Waals surface area (Å²) in [6.07, 6.45) is 8.21. The van der Waals surface area contributed by atoms with Gasteiger partial charge in [0.15, 0.2) is 0 Å². The van der Waals surface area contributed by atoms with Gasteiger partial charge in [0.05, 0.1) is 11.2 Å². The number of nitrogens with two attached hydrogens (primary N) is 1. The second-order valence-electron chi connectivity index (χ2n) is 9.07. The van der Waals surface area contributed by atoms with E-state index in [1.807, 2.05) is 43.3 Å². The van der Waals surface area contributed by atoms with Crippen LogP contribution in [-0.4, -0.2) is 17.0 Å². The lowest BCUT2D eigenvalue weighted by atomic mass is 9.89. The Labute approximate surface area is 210 Å². The highest BCUT2D eigenvalue weighted by atomic mass is 35.5. The molecular formula is C26H28ClN3O2S2. The van der Waals surface area contributed by atoms with Crippen LogP contribution in [0.4, 0.5) is 0 Å². The number of halogens is 1. The zero-order valence-corrected chi connectivity index (χ0v) is 21.5. The van der Waals surface area contributed by atoms with Crippen molar-refractivity contribution in [3.8, 4) is 11.3 Å². The first-order valence-electron chi connectivity index (χ1n) is 11.6. The maximum atomic E-state index is 12.4. The van der Waals surface area contributed by atoms with Gasteiger partial charge in [-0.1, -0.05) is 49.1 Å². The van der Waals surface area contributed by atoms with Gasteiger partial charge in [-0.15, -0.1) is 0 Å². The summed E-state index contributed by atoms with van der Waals surface area (Å²) in [6.45, 7) is 2.67. The third kappa shape index (κ3) is 4.67. The first-order chi connectivity index (χ1) is 16.3. The van der Waals surface area contributed by atoms with Crippen molar-refractivity contribution in [1.82, 2.24) is 8.54 Å². The largest absolute Gasteiger partial charge is 0.343 e. The van der Waals surface area contributed by atoms with E-state index in [1.54, 1.807) is 18.0 Å². The molecule has 2 aromatic heterocycles. The molecule has 4 aromatic rings. The average Bonchev–Trinajstić information content (AvgIpc) is 3.34. The summed E-state index contributed by atoms with van der Waals surface area (Å²) in [5, 5.41) is 7.40. The van der Waals surface area contributed by atoms with Crippen LogP contribution in [0.3, 0.4) is 0 Å². The number of rotatable bonds is 6. The minimum Gasteiger partial charge on any atom is -0.343 e. The highest BCUT2D eigenvalue weighted by Gasteiger charge is 2.25. The molecule has 1 aliphatic carbocycles. The molecule has 0 bridgehead atoms. The fraction of sp³-hybridized carbons (Fsp3) is 0.308. The normalized spacial score (nSPS) is 15.3. The number of hydrogen-bond donors (Lipinski definition) is 1. The van der Waals surface area contributed by atoms with Crippen molar-refractivity contribution in [1.29, 1.82) is 0 Å². The topological polar surface area (TPSA) is 70.0 Å². The Hall–Kier alpha value is -2.19. The Balaban J connectivity index is 1.64. The molecule has 1 saturated carbocycles. The van der Waals surface area contributed by atoms with E-state index in [9.17, 15) is 8.42 Å². The lowest BCUT2D eigenvalue weighted by Gasteiger charge is -2.24. The van der Waals surface area contributed by atoms with Crippen LogP contribution in [0.15, 0.2) is 70.6 Å². The van der Waals surface area contributed by atoms with Crippen molar-refractivity contribution in [3.05, 3.63) is 71.5 Å². The van der Waals surface area contributed by atoms with E-state index >= 15 is 0 Å². The standard InChI is InChI=1S/C26H28ClN3O2S2/c1-18-26(34(28,31)32)15-25(29(18)16-19-7-3-2-4-8-19)23-17-30(24-10-6-5-9-22(23)24)33-21-13-11-20(27)12-14-21/h5-6,9-15,17,19H,2-4,7-8,16H2,1H3,(H2,28,31,32). The molecule has 0 saturated heterocycles. The summed E-state index contributed by atoms with van der Waals surface area (Å²) in [6, 6.07) is 17.7. The van der Waals surface area contributed by atoms with Crippen molar-refractivity contribution in [2.45, 2.75) is 55.4 Å². The lowest BCUT2D eigenvalue weighted by molar-refractivity contribution is 0.318. The number of hydrogen-bond acceptors (Lipinski definition) is 3. The van der Waals surface area contributed by atoms with Crippen LogP contribution < -0.4 is 5.14 Å². The Morgan fingerprint density at radius 1 is 1.06 bits per heavy atom. The van der Waals surface area contributed by atoms with Gasteiger partial charge >= 0.3 is 0 Å². The maximum Gasteiger partial charge on any atom is 0.239 e. The number of aromatic nitrogens is 2. The van der Waals surface area contributed by atoms with Gasteiger partial charge in [0, 0.05) is 39.3 Å². The number of para-hydroxylation sites is 1. The second-order valence-corrected chi connectivity index (χ2v) is 12.1. The predicted molar refractivity (Wildman–Crippen MR) is 141 cm³/mol. The number of nitrogens with zero attached hydrogens (tertiary/aromatic N) is 2. The molecule has 34 heavy (non-hydrogen) atoms. The summed E-state index contributed by atoms with van der Waals surface area (Å²) in [5.74, 6) is 0.545. The highest BCUT2D eigenvalue weighted by molar-refractivity contribution is 7.98. The molecule has 5 rings (SSSR count). The van der Waals surface area contributed by atoms with Gasteiger partial charge in [-0.3, -0.25) is 3.97 Å². The molecule has 0 aliphatic heterocycles. The Morgan fingerprint density at radius 3 is 2.47 bits per heavy atom. The first kappa shape index (κ1) is 23.5. The average molecular weight is 514 g/mol. The van der Waals surface area contributed by atoms with Crippen LogP contribution in [0, 0.1) is 12.8 Å². The Morgan fingerprint density at radius 2 is 1.76 bits per heavy atom. The molecule has 0 spiro atoms. The van der Waals surface area contributed by atoms with Crippen LogP contribution >= 0.6 is 23.5 Å². The predicted octanol–water partition coefficient (Wildman–Crippen LogP) is 6.85. The molecule has 2 aromatic carbocycles. The second kappa shape index (κ2) is 9.46. The van der Waals surface area contributed by atoms with Crippen LogP contribution in [0.2, 0.25) is 5.02 Å². The van der Waals surface area contributed by atoms with Crippen LogP contribution in [0.1, 0.15) is 37.8 Å². The third-order valence-electron chi connectivity index (χ3n) is 6.76. The smallest absolute Gasteiger partial charge is 0.239 e. The number of benzene rings is 2. The van der Waals surface area contributed by atoms with Gasteiger partial charge in [0.25, 0.3) is 0 Å². The van der Waals surface area contributed by atoms with E-state index in [4.69, 9.17) is 16.7 Å². The molecule has 2 heterocycles. The van der Waals surface area contributed by atoms with Crippen molar-refractivity contribution >= 4 is 44.5 Å². The van der Waals surface area contributed by atoms with Gasteiger partial charge in [-0.05, 0) is 74.0 Å². The fourth-order valence-corrected chi connectivity index (χ4v) is 6.86. The van der Waals surface area contributed by atoms with E-state index in [0.29, 0.717) is 16.6 Å². The molecule has 0 atom stereocenters. The highest BCUT2D eigenvalue weighted by Crippen LogP contribution is 2.39. The summed E-state index contributed by atoms with van der Waals surface area (Å²) in [7, 11) is -3.83. The summed E-state index contributed by atoms with van der Waals surface area (Å²) in [5.41, 5.74) is 3.69. The van der Waals surface area contributed by atoms with Crippen molar-refractivity contribution in [2.75, 3.05) is 0 Å². The summed E-state index contributed by atoms with van der Waals surface area (Å²) in [4.78, 5) is 1.27. The van der Waals surface area contributed by atoms with Gasteiger partial charge < -0.3 is 4.57 Å². The monoisotopic (exact) mass is 513 g/mol. The van der Waals surface area contributed by atoms with Crippen molar-refractivity contribution < 1.29 is 8.42 Å². The fourth-order valence-electron chi connectivity index (χ4n) is 5.03. The molecule has 1 aliphatic rings. The minimum absolute atomic E-state index is 0.209. The van der Waals surface area contributed by atoms with Crippen LogP contribution in [0.25, 0.3) is 22.2 Å². The third-order valence-corrected chi connectivity index (χ3v) is 9.02. The summed E-state index contributed by atoms with van der Waals surface area (Å²) < 4.78 is 29.2. The number of primary sulfonamides is 1.